The van der Waals surface area contributed by atoms with Gasteiger partial charge >= 0.3 is 0 Å². The van der Waals surface area contributed by atoms with E-state index in [0.717, 1.165) is 37.4 Å². The molecule has 7 nitrogen and oxygen atoms in total. The quantitative estimate of drug-likeness (QED) is 0.925. The van der Waals surface area contributed by atoms with Gasteiger partial charge in [-0.05, 0) is 32.6 Å². The zero-order valence-electron chi connectivity index (χ0n) is 13.7. The number of nitrogens with one attached hydrogen (secondary N) is 1. The Labute approximate surface area is 140 Å². The third-order valence-electron chi connectivity index (χ3n) is 4.86. The fourth-order valence-corrected chi connectivity index (χ4v) is 3.41. The maximum atomic E-state index is 12.1. The zero-order chi connectivity index (χ0) is 16.5. The second-order valence-corrected chi connectivity index (χ2v) is 6.66. The van der Waals surface area contributed by atoms with Crippen LogP contribution < -0.4 is 10.2 Å². The van der Waals surface area contributed by atoms with Crippen LogP contribution in [0.2, 0.25) is 0 Å². The number of aryl methyl sites for hydroxylation is 1. The van der Waals surface area contributed by atoms with E-state index in [1.807, 2.05) is 0 Å². The van der Waals surface area contributed by atoms with E-state index in [0.29, 0.717) is 17.4 Å². The molecule has 7 heteroatoms. The summed E-state index contributed by atoms with van der Waals surface area (Å²) in [5, 5.41) is 6.75. The van der Waals surface area contributed by atoms with Crippen molar-refractivity contribution in [3.63, 3.8) is 0 Å². The third kappa shape index (κ3) is 2.98. The normalized spacial score (nSPS) is 23.1. The molecule has 2 fully saturated rings. The Kier molecular flexibility index (Phi) is 3.92. The highest BCUT2D eigenvalue weighted by molar-refractivity contribution is 5.92. The highest BCUT2D eigenvalue weighted by Gasteiger charge is 2.33. The van der Waals surface area contributed by atoms with Crippen LogP contribution in [0.5, 0.6) is 0 Å². The van der Waals surface area contributed by atoms with Crippen LogP contribution in [-0.4, -0.2) is 40.2 Å². The molecule has 1 saturated heterocycles. The molecule has 2 aromatic rings. The number of aromatic nitrogens is 3. The number of amides is 1. The summed E-state index contributed by atoms with van der Waals surface area (Å²) >= 11 is 0. The molecule has 3 heterocycles. The van der Waals surface area contributed by atoms with E-state index >= 15 is 0 Å². The average Bonchev–Trinajstić information content (AvgIpc) is 3.22. The molecule has 4 rings (SSSR count). The van der Waals surface area contributed by atoms with Gasteiger partial charge in [0.15, 0.2) is 5.69 Å². The van der Waals surface area contributed by atoms with E-state index in [-0.39, 0.29) is 11.9 Å². The van der Waals surface area contributed by atoms with E-state index < -0.39 is 0 Å². The van der Waals surface area contributed by atoms with Crippen molar-refractivity contribution in [2.24, 2.45) is 0 Å². The van der Waals surface area contributed by atoms with Crippen LogP contribution in [0.3, 0.4) is 0 Å². The predicted molar refractivity (Wildman–Crippen MR) is 87.9 cm³/mol. The van der Waals surface area contributed by atoms with Gasteiger partial charge in [0.2, 0.25) is 0 Å². The summed E-state index contributed by atoms with van der Waals surface area (Å²) in [6.07, 6.45) is 5.93. The van der Waals surface area contributed by atoms with Gasteiger partial charge in [-0.2, -0.15) is 0 Å². The first-order valence-corrected chi connectivity index (χ1v) is 8.50. The van der Waals surface area contributed by atoms with Crippen molar-refractivity contribution < 1.29 is 9.32 Å². The molecule has 0 aromatic carbocycles. The lowest BCUT2D eigenvalue weighted by molar-refractivity contribution is 0.0899. The van der Waals surface area contributed by atoms with E-state index in [1.54, 1.807) is 19.3 Å². The lowest BCUT2D eigenvalue weighted by Crippen LogP contribution is -2.43. The Bertz CT molecular complexity index is 732. The molecular formula is C17H21N5O2. The molecule has 0 spiro atoms. The van der Waals surface area contributed by atoms with Gasteiger partial charge in [0.25, 0.3) is 5.91 Å². The third-order valence-corrected chi connectivity index (χ3v) is 4.86. The first-order chi connectivity index (χ1) is 11.7. The summed E-state index contributed by atoms with van der Waals surface area (Å²) in [5.74, 6) is 1.89. The van der Waals surface area contributed by atoms with Crippen LogP contribution in [0.4, 0.5) is 5.82 Å². The minimum atomic E-state index is -0.171. The number of hydrogen-bond donors (Lipinski definition) is 1. The van der Waals surface area contributed by atoms with Gasteiger partial charge in [-0.3, -0.25) is 4.79 Å². The maximum Gasteiger partial charge on any atom is 0.273 e. The Balaban J connectivity index is 1.34. The molecule has 1 saturated carbocycles. The van der Waals surface area contributed by atoms with Crippen molar-refractivity contribution >= 4 is 11.7 Å². The molecule has 0 radical (unpaired) electrons. The minimum Gasteiger partial charge on any atom is -0.361 e. The number of carbonyl (C=O) groups excluding carboxylic acids is 1. The van der Waals surface area contributed by atoms with Gasteiger partial charge in [0, 0.05) is 42.9 Å². The number of anilines is 1. The smallest absolute Gasteiger partial charge is 0.273 e. The molecule has 24 heavy (non-hydrogen) atoms. The first kappa shape index (κ1) is 15.1. The highest BCUT2D eigenvalue weighted by atomic mass is 16.5. The van der Waals surface area contributed by atoms with E-state index in [2.05, 4.69) is 31.4 Å². The fourth-order valence-electron chi connectivity index (χ4n) is 3.41. The zero-order valence-corrected chi connectivity index (χ0v) is 13.7. The van der Waals surface area contributed by atoms with Gasteiger partial charge in [-0.25, -0.2) is 9.97 Å². The molecule has 1 N–H and O–H groups in total. The van der Waals surface area contributed by atoms with Crippen LogP contribution in [0.1, 0.15) is 53.5 Å². The van der Waals surface area contributed by atoms with E-state index in [4.69, 9.17) is 4.52 Å². The summed E-state index contributed by atoms with van der Waals surface area (Å²) in [7, 11) is 0. The van der Waals surface area contributed by atoms with Gasteiger partial charge < -0.3 is 14.7 Å². The van der Waals surface area contributed by atoms with E-state index in [9.17, 15) is 4.79 Å². The lowest BCUT2D eigenvalue weighted by atomic mass is 9.78. The summed E-state index contributed by atoms with van der Waals surface area (Å²) in [6, 6.07) is 3.93. The monoisotopic (exact) mass is 327 g/mol. The predicted octanol–water partition coefficient (Wildman–Crippen LogP) is 2.05. The summed E-state index contributed by atoms with van der Waals surface area (Å²) in [4.78, 5) is 23.2. The van der Waals surface area contributed by atoms with Crippen molar-refractivity contribution in [3.8, 4) is 0 Å². The number of nitrogens with zero attached hydrogens (tertiary/aromatic N) is 4. The fraction of sp³-hybridized carbons (Fsp3) is 0.529. The molecule has 0 unspecified atom stereocenters. The van der Waals surface area contributed by atoms with Crippen LogP contribution >= 0.6 is 0 Å². The number of carbonyl (C=O) groups is 1. The van der Waals surface area contributed by atoms with Crippen LogP contribution in [0.25, 0.3) is 0 Å². The lowest BCUT2D eigenvalue weighted by Gasteiger charge is -2.35. The van der Waals surface area contributed by atoms with Crippen molar-refractivity contribution in [2.45, 2.75) is 44.6 Å². The molecule has 0 atom stereocenters. The topological polar surface area (TPSA) is 84.2 Å². The van der Waals surface area contributed by atoms with Crippen molar-refractivity contribution in [1.29, 1.82) is 0 Å². The number of hydrogen-bond acceptors (Lipinski definition) is 6. The molecule has 0 bridgehead atoms. The molecule has 2 aromatic heterocycles. The Morgan fingerprint density at radius 1 is 1.25 bits per heavy atom. The molecule has 126 valence electrons. The van der Waals surface area contributed by atoms with Crippen molar-refractivity contribution in [2.75, 3.05) is 18.0 Å². The van der Waals surface area contributed by atoms with Crippen LogP contribution in [0.15, 0.2) is 23.0 Å². The molecule has 2 aliphatic rings. The molecule has 1 aliphatic carbocycles. The Morgan fingerprint density at radius 3 is 2.75 bits per heavy atom. The highest BCUT2D eigenvalue weighted by Crippen LogP contribution is 2.36. The molecule has 1 amide bonds. The van der Waals surface area contributed by atoms with Gasteiger partial charge in [0.05, 0.1) is 0 Å². The van der Waals surface area contributed by atoms with E-state index in [1.165, 1.54) is 12.8 Å². The summed E-state index contributed by atoms with van der Waals surface area (Å²) in [6.45, 7) is 3.93. The molecule has 1 aliphatic heterocycles. The average molecular weight is 327 g/mol. The van der Waals surface area contributed by atoms with Gasteiger partial charge in [-0.1, -0.05) is 5.16 Å². The minimum absolute atomic E-state index is 0.171. The Hall–Kier alpha value is -2.44. The summed E-state index contributed by atoms with van der Waals surface area (Å²) in [5.41, 5.74) is 1.42. The molecular weight excluding hydrogens is 306 g/mol. The van der Waals surface area contributed by atoms with Crippen LogP contribution in [0, 0.1) is 6.92 Å². The van der Waals surface area contributed by atoms with Gasteiger partial charge in [-0.15, -0.1) is 0 Å². The van der Waals surface area contributed by atoms with Gasteiger partial charge in [0.1, 0.15) is 17.9 Å². The second kappa shape index (κ2) is 6.22. The second-order valence-electron chi connectivity index (χ2n) is 6.66. The van der Waals surface area contributed by atoms with Crippen molar-refractivity contribution in [3.05, 3.63) is 35.6 Å². The SMILES string of the molecule is Cc1cc(C(=O)NC2CC(c3cc(N4CCCC4)ncn3)C2)no1. The largest absolute Gasteiger partial charge is 0.361 e. The summed E-state index contributed by atoms with van der Waals surface area (Å²) < 4.78 is 4.94. The van der Waals surface area contributed by atoms with Crippen molar-refractivity contribution in [1.82, 2.24) is 20.4 Å². The maximum absolute atomic E-state index is 12.1. The van der Waals surface area contributed by atoms with Crippen LogP contribution in [-0.2, 0) is 0 Å². The Morgan fingerprint density at radius 2 is 2.04 bits per heavy atom. The first-order valence-electron chi connectivity index (χ1n) is 8.50. The standard InChI is InChI=1S/C17H21N5O2/c1-11-6-15(21-24-11)17(23)20-13-7-12(8-13)14-9-16(19-10-18-14)22-4-2-3-5-22/h6,9-10,12-13H,2-5,7-8H2,1H3,(H,20,23). The number of rotatable bonds is 4.